The zero-order valence-corrected chi connectivity index (χ0v) is 18.2. The molecule has 1 aromatic heterocycles. The van der Waals surface area contributed by atoms with Crippen LogP contribution in [0.5, 0.6) is 0 Å². The minimum absolute atomic E-state index is 0.0293. The predicted molar refractivity (Wildman–Crippen MR) is 118 cm³/mol. The molecule has 1 aliphatic heterocycles. The molecule has 0 aliphatic carbocycles. The molecule has 0 atom stereocenters. The van der Waals surface area contributed by atoms with Gasteiger partial charge in [-0.3, -0.25) is 4.79 Å². The minimum atomic E-state index is -0.932. The molecular weight excluding hydrogens is 427 g/mol. The number of rotatable bonds is 3. The van der Waals surface area contributed by atoms with Crippen molar-refractivity contribution in [3.05, 3.63) is 74.7 Å². The number of carbonyl (C=O) groups is 1. The minimum Gasteiger partial charge on any atom is -0.385 e. The second-order valence-corrected chi connectivity index (χ2v) is 9.14. The van der Waals surface area contributed by atoms with Gasteiger partial charge in [-0.15, -0.1) is 11.3 Å². The lowest BCUT2D eigenvalue weighted by molar-refractivity contribution is -0.0210. The molecule has 0 saturated carbocycles. The third-order valence-electron chi connectivity index (χ3n) is 5.34. The quantitative estimate of drug-likeness (QED) is 0.573. The van der Waals surface area contributed by atoms with E-state index in [0.717, 1.165) is 21.8 Å². The van der Waals surface area contributed by atoms with E-state index in [1.165, 1.54) is 11.3 Å². The standard InChI is InChI=1S/C22H20Cl2N2O2S/c1-14-19(29-20(25-14)15-2-6-17(23)7-3-15)21(27)26-12-10-22(28,11-13-26)16-4-8-18(24)9-5-16/h2-9,28H,10-13H2,1H3. The molecule has 2 aromatic carbocycles. The summed E-state index contributed by atoms with van der Waals surface area (Å²) in [5, 5.41) is 13.1. The second kappa shape index (κ2) is 8.07. The van der Waals surface area contributed by atoms with Gasteiger partial charge in [0, 0.05) is 28.7 Å². The Morgan fingerprint density at radius 1 is 1.03 bits per heavy atom. The normalized spacial score (nSPS) is 16.1. The van der Waals surface area contributed by atoms with Crippen molar-refractivity contribution in [1.29, 1.82) is 0 Å². The van der Waals surface area contributed by atoms with Gasteiger partial charge in [0.05, 0.1) is 11.3 Å². The maximum atomic E-state index is 13.1. The van der Waals surface area contributed by atoms with Gasteiger partial charge >= 0.3 is 0 Å². The van der Waals surface area contributed by atoms with Gasteiger partial charge in [0.1, 0.15) is 9.88 Å². The molecule has 1 aliphatic rings. The van der Waals surface area contributed by atoms with Crippen LogP contribution in [-0.4, -0.2) is 34.0 Å². The number of nitrogens with zero attached hydrogens (tertiary/aromatic N) is 2. The van der Waals surface area contributed by atoms with Crippen molar-refractivity contribution in [2.24, 2.45) is 0 Å². The molecule has 4 rings (SSSR count). The number of hydrogen-bond donors (Lipinski definition) is 1. The zero-order chi connectivity index (χ0) is 20.6. The van der Waals surface area contributed by atoms with Crippen LogP contribution in [0.2, 0.25) is 10.0 Å². The van der Waals surface area contributed by atoms with Gasteiger partial charge in [-0.1, -0.05) is 47.5 Å². The Kier molecular flexibility index (Phi) is 5.67. The molecule has 29 heavy (non-hydrogen) atoms. The molecule has 2 heterocycles. The van der Waals surface area contributed by atoms with Crippen molar-refractivity contribution >= 4 is 40.4 Å². The molecule has 0 bridgehead atoms. The lowest BCUT2D eigenvalue weighted by Gasteiger charge is -2.38. The Morgan fingerprint density at radius 3 is 2.17 bits per heavy atom. The Balaban J connectivity index is 1.48. The first-order valence-corrected chi connectivity index (χ1v) is 10.9. The summed E-state index contributed by atoms with van der Waals surface area (Å²) in [6.45, 7) is 2.84. The summed E-state index contributed by atoms with van der Waals surface area (Å²) in [5.74, 6) is -0.0293. The molecule has 7 heteroatoms. The highest BCUT2D eigenvalue weighted by Crippen LogP contribution is 2.35. The number of carbonyl (C=O) groups excluding carboxylic acids is 1. The Bertz CT molecular complexity index is 1020. The number of halogens is 2. The smallest absolute Gasteiger partial charge is 0.265 e. The number of hydrogen-bond acceptors (Lipinski definition) is 4. The third kappa shape index (κ3) is 4.19. The molecule has 0 radical (unpaired) electrons. The molecule has 1 N–H and O–H groups in total. The fraction of sp³-hybridized carbons (Fsp3) is 0.273. The van der Waals surface area contributed by atoms with Crippen LogP contribution in [0.25, 0.3) is 10.6 Å². The maximum absolute atomic E-state index is 13.1. The highest BCUT2D eigenvalue weighted by molar-refractivity contribution is 7.17. The van der Waals surface area contributed by atoms with Crippen LogP contribution >= 0.6 is 34.5 Å². The van der Waals surface area contributed by atoms with Gasteiger partial charge < -0.3 is 10.0 Å². The number of amides is 1. The average Bonchev–Trinajstić information content (AvgIpc) is 3.10. The van der Waals surface area contributed by atoms with Gasteiger partial charge in [0.25, 0.3) is 5.91 Å². The van der Waals surface area contributed by atoms with Crippen LogP contribution in [0.15, 0.2) is 48.5 Å². The second-order valence-electron chi connectivity index (χ2n) is 7.27. The summed E-state index contributed by atoms with van der Waals surface area (Å²) in [7, 11) is 0. The highest BCUT2D eigenvalue weighted by Gasteiger charge is 2.36. The lowest BCUT2D eigenvalue weighted by Crippen LogP contribution is -2.45. The first-order chi connectivity index (χ1) is 13.9. The van der Waals surface area contributed by atoms with E-state index in [1.807, 2.05) is 43.3 Å². The summed E-state index contributed by atoms with van der Waals surface area (Å²) in [6, 6.07) is 14.7. The molecule has 0 unspecified atom stereocenters. The summed E-state index contributed by atoms with van der Waals surface area (Å²) < 4.78 is 0. The topological polar surface area (TPSA) is 53.4 Å². The number of thiazole rings is 1. The SMILES string of the molecule is Cc1nc(-c2ccc(Cl)cc2)sc1C(=O)N1CCC(O)(c2ccc(Cl)cc2)CC1. The molecule has 1 fully saturated rings. The number of aliphatic hydroxyl groups is 1. The van der Waals surface area contributed by atoms with E-state index in [4.69, 9.17) is 23.2 Å². The van der Waals surface area contributed by atoms with Crippen molar-refractivity contribution in [1.82, 2.24) is 9.88 Å². The van der Waals surface area contributed by atoms with Crippen molar-refractivity contribution in [2.45, 2.75) is 25.4 Å². The Labute approximate surface area is 183 Å². The van der Waals surface area contributed by atoms with Crippen LogP contribution in [0, 0.1) is 6.92 Å². The van der Waals surface area contributed by atoms with E-state index >= 15 is 0 Å². The van der Waals surface area contributed by atoms with Gasteiger partial charge in [-0.2, -0.15) is 0 Å². The molecule has 1 amide bonds. The lowest BCUT2D eigenvalue weighted by atomic mass is 9.84. The molecular formula is C22H20Cl2N2O2S. The first-order valence-electron chi connectivity index (χ1n) is 9.37. The molecule has 1 saturated heterocycles. The van der Waals surface area contributed by atoms with Crippen LogP contribution < -0.4 is 0 Å². The maximum Gasteiger partial charge on any atom is 0.265 e. The van der Waals surface area contributed by atoms with Gasteiger partial charge in [-0.25, -0.2) is 4.98 Å². The number of aromatic nitrogens is 1. The van der Waals surface area contributed by atoms with Gasteiger partial charge in [-0.05, 0) is 49.6 Å². The van der Waals surface area contributed by atoms with Crippen LogP contribution in [-0.2, 0) is 5.60 Å². The fourth-order valence-corrected chi connectivity index (χ4v) is 4.87. The zero-order valence-electron chi connectivity index (χ0n) is 15.9. The summed E-state index contributed by atoms with van der Waals surface area (Å²) in [5.41, 5.74) is 1.58. The summed E-state index contributed by atoms with van der Waals surface area (Å²) >= 11 is 13.3. The van der Waals surface area contributed by atoms with E-state index in [-0.39, 0.29) is 5.91 Å². The van der Waals surface area contributed by atoms with Crippen molar-refractivity contribution < 1.29 is 9.90 Å². The summed E-state index contributed by atoms with van der Waals surface area (Å²) in [4.78, 5) is 20.1. The number of benzene rings is 2. The highest BCUT2D eigenvalue weighted by atomic mass is 35.5. The predicted octanol–water partition coefficient (Wildman–Crippen LogP) is 5.55. The Hall–Kier alpha value is -1.92. The van der Waals surface area contributed by atoms with Crippen LogP contribution in [0.4, 0.5) is 0 Å². The number of aryl methyl sites for hydroxylation is 1. The van der Waals surface area contributed by atoms with Crippen molar-refractivity contribution in [3.8, 4) is 10.6 Å². The van der Waals surface area contributed by atoms with Crippen LogP contribution in [0.3, 0.4) is 0 Å². The van der Waals surface area contributed by atoms with E-state index in [0.29, 0.717) is 40.9 Å². The van der Waals surface area contributed by atoms with Gasteiger partial charge in [0.15, 0.2) is 0 Å². The van der Waals surface area contributed by atoms with E-state index in [1.54, 1.807) is 17.0 Å². The van der Waals surface area contributed by atoms with E-state index < -0.39 is 5.60 Å². The third-order valence-corrected chi connectivity index (χ3v) is 7.04. The molecule has 3 aromatic rings. The molecule has 150 valence electrons. The number of likely N-dealkylation sites (tertiary alicyclic amines) is 1. The van der Waals surface area contributed by atoms with Gasteiger partial charge in [0.2, 0.25) is 0 Å². The van der Waals surface area contributed by atoms with Crippen molar-refractivity contribution in [3.63, 3.8) is 0 Å². The molecule has 0 spiro atoms. The summed E-state index contributed by atoms with van der Waals surface area (Å²) in [6.07, 6.45) is 0.977. The largest absolute Gasteiger partial charge is 0.385 e. The van der Waals surface area contributed by atoms with Crippen molar-refractivity contribution in [2.75, 3.05) is 13.1 Å². The molecule has 4 nitrogen and oxygen atoms in total. The van der Waals surface area contributed by atoms with E-state index in [2.05, 4.69) is 4.98 Å². The fourth-order valence-electron chi connectivity index (χ4n) is 3.58. The number of piperidine rings is 1. The van der Waals surface area contributed by atoms with E-state index in [9.17, 15) is 9.90 Å². The first kappa shape index (κ1) is 20.4. The Morgan fingerprint density at radius 2 is 1.59 bits per heavy atom. The van der Waals surface area contributed by atoms with Crippen LogP contribution in [0.1, 0.15) is 33.8 Å². The average molecular weight is 447 g/mol. The monoisotopic (exact) mass is 446 g/mol.